The Hall–Kier alpha value is -1.13. The van der Waals surface area contributed by atoms with E-state index in [4.69, 9.17) is 44.3 Å². The third kappa shape index (κ3) is 4.39. The fraction of sp³-hybridized carbons (Fsp3) is 0.520. The number of hydrogen-bond donors (Lipinski definition) is 1. The standard InChI is InChI=1S/C25H28Cl3NO2/c1-30-23-10-18(12-29-25-16-6-14-5-15(8-16)9-17(25)7-14)22(28)11-24(23)31-13-19-20(26)3-2-4-21(19)27/h2-4,10-11,14-17,25,29H,5-9,12-13H2,1H3. The molecule has 0 aliphatic heterocycles. The first-order valence-corrected chi connectivity index (χ1v) is 12.3. The van der Waals surface area contributed by atoms with Crippen molar-refractivity contribution in [2.24, 2.45) is 23.7 Å². The second-order valence-corrected chi connectivity index (χ2v) is 10.6. The normalized spacial score (nSPS) is 28.7. The number of methoxy groups -OCH3 is 1. The Morgan fingerprint density at radius 3 is 2.13 bits per heavy atom. The molecule has 0 amide bonds. The summed E-state index contributed by atoms with van der Waals surface area (Å²) in [5, 5.41) is 5.68. The van der Waals surface area contributed by atoms with E-state index in [0.717, 1.165) is 41.3 Å². The summed E-state index contributed by atoms with van der Waals surface area (Å²) in [7, 11) is 1.65. The summed E-state index contributed by atoms with van der Waals surface area (Å²) in [4.78, 5) is 0. The van der Waals surface area contributed by atoms with Gasteiger partial charge in [-0.1, -0.05) is 40.9 Å². The highest BCUT2D eigenvalue weighted by Crippen LogP contribution is 2.53. The Kier molecular flexibility index (Phi) is 6.31. The van der Waals surface area contributed by atoms with Crippen LogP contribution >= 0.6 is 34.8 Å². The van der Waals surface area contributed by atoms with E-state index >= 15 is 0 Å². The van der Waals surface area contributed by atoms with E-state index in [1.165, 1.54) is 32.1 Å². The minimum Gasteiger partial charge on any atom is -0.493 e. The maximum Gasteiger partial charge on any atom is 0.163 e. The fourth-order valence-corrected chi connectivity index (χ4v) is 7.02. The molecule has 4 aliphatic rings. The van der Waals surface area contributed by atoms with Crippen LogP contribution in [0.5, 0.6) is 11.5 Å². The average molecular weight is 481 g/mol. The third-order valence-corrected chi connectivity index (χ3v) is 8.58. The summed E-state index contributed by atoms with van der Waals surface area (Å²) in [6.07, 6.45) is 7.08. The number of halogens is 3. The molecule has 6 rings (SSSR count). The zero-order chi connectivity index (χ0) is 21.5. The highest BCUT2D eigenvalue weighted by Gasteiger charge is 2.47. The molecular formula is C25H28Cl3NO2. The maximum atomic E-state index is 6.64. The molecule has 6 heteroatoms. The van der Waals surface area contributed by atoms with Gasteiger partial charge in [-0.05, 0) is 79.5 Å². The summed E-state index contributed by atoms with van der Waals surface area (Å²) >= 11 is 19.2. The fourth-order valence-electron chi connectivity index (χ4n) is 6.29. The molecule has 4 fully saturated rings. The van der Waals surface area contributed by atoms with Gasteiger partial charge >= 0.3 is 0 Å². The van der Waals surface area contributed by atoms with Crippen LogP contribution in [0.15, 0.2) is 30.3 Å². The molecule has 2 aromatic carbocycles. The molecule has 3 nitrogen and oxygen atoms in total. The van der Waals surface area contributed by atoms with Crippen molar-refractivity contribution in [3.8, 4) is 11.5 Å². The molecule has 0 saturated heterocycles. The van der Waals surface area contributed by atoms with Gasteiger partial charge in [0.05, 0.1) is 7.11 Å². The molecule has 4 bridgehead atoms. The van der Waals surface area contributed by atoms with Crippen molar-refractivity contribution in [1.29, 1.82) is 0 Å². The third-order valence-electron chi connectivity index (χ3n) is 7.52. The van der Waals surface area contributed by atoms with E-state index in [0.29, 0.717) is 32.6 Å². The van der Waals surface area contributed by atoms with Gasteiger partial charge in [0.1, 0.15) is 6.61 Å². The van der Waals surface area contributed by atoms with Gasteiger partial charge in [-0.2, -0.15) is 0 Å². The van der Waals surface area contributed by atoms with E-state index in [9.17, 15) is 0 Å². The highest BCUT2D eigenvalue weighted by molar-refractivity contribution is 6.36. The molecule has 1 N–H and O–H groups in total. The number of nitrogens with one attached hydrogen (secondary N) is 1. The number of hydrogen-bond acceptors (Lipinski definition) is 3. The van der Waals surface area contributed by atoms with E-state index < -0.39 is 0 Å². The van der Waals surface area contributed by atoms with Crippen LogP contribution in [0.25, 0.3) is 0 Å². The van der Waals surface area contributed by atoms with Crippen LogP contribution in [-0.4, -0.2) is 13.2 Å². The van der Waals surface area contributed by atoms with Crippen molar-refractivity contribution >= 4 is 34.8 Å². The molecule has 4 aliphatic carbocycles. The predicted octanol–water partition coefficient (Wildman–Crippen LogP) is 7.15. The lowest BCUT2D eigenvalue weighted by molar-refractivity contribution is -0.0142. The Morgan fingerprint density at radius 2 is 1.52 bits per heavy atom. The summed E-state index contributed by atoms with van der Waals surface area (Å²) in [6.45, 7) is 0.995. The van der Waals surface area contributed by atoms with Crippen LogP contribution in [0.1, 0.15) is 43.2 Å². The lowest BCUT2D eigenvalue weighted by Gasteiger charge is -2.54. The number of benzene rings is 2. The number of rotatable bonds is 7. The smallest absolute Gasteiger partial charge is 0.163 e. The molecule has 4 saturated carbocycles. The Bertz CT molecular complexity index is 916. The lowest BCUT2D eigenvalue weighted by Crippen LogP contribution is -2.54. The topological polar surface area (TPSA) is 30.5 Å². The predicted molar refractivity (Wildman–Crippen MR) is 126 cm³/mol. The van der Waals surface area contributed by atoms with Gasteiger partial charge in [0.15, 0.2) is 11.5 Å². The summed E-state index contributed by atoms with van der Waals surface area (Å²) in [6, 6.07) is 9.85. The molecule has 0 heterocycles. The van der Waals surface area contributed by atoms with Crippen LogP contribution in [0.4, 0.5) is 0 Å². The van der Waals surface area contributed by atoms with Gasteiger partial charge in [0, 0.05) is 39.3 Å². The molecule has 0 atom stereocenters. The first kappa shape index (κ1) is 21.7. The van der Waals surface area contributed by atoms with Crippen molar-refractivity contribution in [1.82, 2.24) is 5.32 Å². The second kappa shape index (κ2) is 9.02. The van der Waals surface area contributed by atoms with E-state index in [2.05, 4.69) is 5.32 Å². The van der Waals surface area contributed by atoms with Crippen molar-refractivity contribution in [2.45, 2.75) is 51.3 Å². The first-order valence-electron chi connectivity index (χ1n) is 11.2. The summed E-state index contributed by atoms with van der Waals surface area (Å²) < 4.78 is 11.6. The van der Waals surface area contributed by atoms with Gasteiger partial charge in [0.2, 0.25) is 0 Å². The van der Waals surface area contributed by atoms with Crippen molar-refractivity contribution in [3.05, 3.63) is 56.5 Å². The zero-order valence-corrected chi connectivity index (χ0v) is 19.9. The second-order valence-electron chi connectivity index (χ2n) is 9.42. The minimum atomic E-state index is 0.247. The SMILES string of the molecule is COc1cc(CNC2C3CC4CC(C3)CC2C4)c(Cl)cc1OCc1c(Cl)cccc1Cl. The zero-order valence-electron chi connectivity index (χ0n) is 17.7. The van der Waals surface area contributed by atoms with E-state index in [1.54, 1.807) is 19.2 Å². The quantitative estimate of drug-likeness (QED) is 0.456. The van der Waals surface area contributed by atoms with Crippen LogP contribution in [0.2, 0.25) is 15.1 Å². The van der Waals surface area contributed by atoms with Crippen molar-refractivity contribution < 1.29 is 9.47 Å². The average Bonchev–Trinajstić information content (AvgIpc) is 2.73. The molecule has 0 aromatic heterocycles. The van der Waals surface area contributed by atoms with Gasteiger partial charge in [-0.3, -0.25) is 0 Å². The molecule has 0 radical (unpaired) electrons. The molecule has 2 aromatic rings. The maximum absolute atomic E-state index is 6.64. The highest BCUT2D eigenvalue weighted by atomic mass is 35.5. The Morgan fingerprint density at radius 1 is 0.871 bits per heavy atom. The van der Waals surface area contributed by atoms with Crippen LogP contribution in [0.3, 0.4) is 0 Å². The molecule has 166 valence electrons. The largest absolute Gasteiger partial charge is 0.493 e. The van der Waals surface area contributed by atoms with Gasteiger partial charge in [0.25, 0.3) is 0 Å². The Labute approximate surface area is 199 Å². The van der Waals surface area contributed by atoms with Crippen LogP contribution in [-0.2, 0) is 13.2 Å². The van der Waals surface area contributed by atoms with Crippen molar-refractivity contribution in [3.63, 3.8) is 0 Å². The summed E-state index contributed by atoms with van der Waals surface area (Å²) in [5.41, 5.74) is 1.78. The Balaban J connectivity index is 1.27. The van der Waals surface area contributed by atoms with Gasteiger partial charge < -0.3 is 14.8 Å². The number of ether oxygens (including phenoxy) is 2. The van der Waals surface area contributed by atoms with Crippen LogP contribution in [0, 0.1) is 23.7 Å². The van der Waals surface area contributed by atoms with Gasteiger partial charge in [-0.15, -0.1) is 0 Å². The summed E-state index contributed by atoms with van der Waals surface area (Å²) in [5.74, 6) is 4.87. The molecule has 31 heavy (non-hydrogen) atoms. The minimum absolute atomic E-state index is 0.247. The monoisotopic (exact) mass is 479 g/mol. The van der Waals surface area contributed by atoms with Crippen LogP contribution < -0.4 is 14.8 Å². The molecule has 0 spiro atoms. The lowest BCUT2D eigenvalue weighted by atomic mass is 9.54. The van der Waals surface area contributed by atoms with Crippen molar-refractivity contribution in [2.75, 3.05) is 7.11 Å². The molecular weight excluding hydrogens is 453 g/mol. The molecule has 0 unspecified atom stereocenters. The van der Waals surface area contributed by atoms with E-state index in [1.807, 2.05) is 18.2 Å². The van der Waals surface area contributed by atoms with E-state index in [-0.39, 0.29) is 6.61 Å². The van der Waals surface area contributed by atoms with Gasteiger partial charge in [-0.25, -0.2) is 0 Å². The first-order chi connectivity index (χ1) is 15.0.